The SMILES string of the molecule is C=C(Cc1nc2ccc(-c3cccc(C(F)(F)F)c3)cc2[nH]1)C(=O)c1cn2c(CN(C)Cc3ccccc3)cccc2n1. The van der Waals surface area contributed by atoms with E-state index in [9.17, 15) is 18.0 Å². The van der Waals surface area contributed by atoms with Crippen molar-refractivity contribution in [2.75, 3.05) is 7.05 Å². The van der Waals surface area contributed by atoms with Gasteiger partial charge < -0.3 is 9.38 Å². The zero-order valence-corrected chi connectivity index (χ0v) is 23.4. The summed E-state index contributed by atoms with van der Waals surface area (Å²) in [5.41, 5.74) is 5.17. The Morgan fingerprint density at radius 1 is 0.907 bits per heavy atom. The van der Waals surface area contributed by atoms with E-state index >= 15 is 0 Å². The highest BCUT2D eigenvalue weighted by atomic mass is 19.4. The molecule has 0 atom stereocenters. The monoisotopic (exact) mass is 579 g/mol. The lowest BCUT2D eigenvalue weighted by Gasteiger charge is -2.17. The molecule has 9 heteroatoms. The van der Waals surface area contributed by atoms with Crippen LogP contribution in [0.1, 0.15) is 33.1 Å². The molecule has 0 saturated heterocycles. The van der Waals surface area contributed by atoms with Crippen LogP contribution in [0.25, 0.3) is 27.8 Å². The number of allylic oxidation sites excluding steroid dienone is 1. The number of nitrogens with one attached hydrogen (secondary N) is 1. The van der Waals surface area contributed by atoms with Gasteiger partial charge in [0, 0.05) is 37.0 Å². The molecule has 0 bridgehead atoms. The predicted molar refractivity (Wildman–Crippen MR) is 161 cm³/mol. The molecule has 0 fully saturated rings. The van der Waals surface area contributed by atoms with Crippen LogP contribution in [0.5, 0.6) is 0 Å². The number of alkyl halides is 3. The first-order valence-electron chi connectivity index (χ1n) is 13.7. The Hall–Kier alpha value is -5.02. The number of halogens is 3. The van der Waals surface area contributed by atoms with Crippen molar-refractivity contribution in [3.63, 3.8) is 0 Å². The first kappa shape index (κ1) is 28.1. The minimum atomic E-state index is -4.42. The quantitative estimate of drug-likeness (QED) is 0.142. The fraction of sp³-hybridized carbons (Fsp3) is 0.147. The molecule has 0 radical (unpaired) electrons. The summed E-state index contributed by atoms with van der Waals surface area (Å²) in [6, 6.07) is 26.5. The Bertz CT molecular complexity index is 1960. The van der Waals surface area contributed by atoms with Gasteiger partial charge in [-0.05, 0) is 60.1 Å². The van der Waals surface area contributed by atoms with Crippen LogP contribution in [0.2, 0.25) is 0 Å². The van der Waals surface area contributed by atoms with Gasteiger partial charge in [0.15, 0.2) is 0 Å². The summed E-state index contributed by atoms with van der Waals surface area (Å²) in [7, 11) is 2.05. The van der Waals surface area contributed by atoms with E-state index in [1.807, 2.05) is 47.8 Å². The summed E-state index contributed by atoms with van der Waals surface area (Å²) in [5, 5.41) is 0. The largest absolute Gasteiger partial charge is 0.416 e. The molecular formula is C34H28F3N5O. The van der Waals surface area contributed by atoms with Gasteiger partial charge in [0.2, 0.25) is 5.78 Å². The van der Waals surface area contributed by atoms with Gasteiger partial charge in [0.05, 0.1) is 16.6 Å². The van der Waals surface area contributed by atoms with Crippen molar-refractivity contribution in [2.45, 2.75) is 25.7 Å². The molecule has 0 unspecified atom stereocenters. The van der Waals surface area contributed by atoms with Gasteiger partial charge in [-0.3, -0.25) is 9.69 Å². The highest BCUT2D eigenvalue weighted by molar-refractivity contribution is 6.07. The minimum Gasteiger partial charge on any atom is -0.342 e. The van der Waals surface area contributed by atoms with E-state index in [4.69, 9.17) is 0 Å². The highest BCUT2D eigenvalue weighted by Gasteiger charge is 2.30. The number of benzene rings is 3. The maximum absolute atomic E-state index is 13.3. The number of aromatic nitrogens is 4. The molecule has 0 amide bonds. The molecule has 0 aliphatic rings. The maximum atomic E-state index is 13.3. The predicted octanol–water partition coefficient (Wildman–Crippen LogP) is 7.51. The number of H-pyrrole nitrogens is 1. The highest BCUT2D eigenvalue weighted by Crippen LogP contribution is 2.33. The van der Waals surface area contributed by atoms with Crippen LogP contribution < -0.4 is 0 Å². The number of hydrogen-bond acceptors (Lipinski definition) is 4. The Morgan fingerprint density at radius 3 is 2.47 bits per heavy atom. The number of fused-ring (bicyclic) bond motifs is 2. The van der Waals surface area contributed by atoms with Gasteiger partial charge in [-0.1, -0.05) is 61.2 Å². The zero-order valence-electron chi connectivity index (χ0n) is 23.4. The molecule has 3 aromatic heterocycles. The van der Waals surface area contributed by atoms with Crippen LogP contribution in [0, 0.1) is 0 Å². The molecule has 0 aliphatic heterocycles. The number of pyridine rings is 1. The second-order valence-electron chi connectivity index (χ2n) is 10.6. The third kappa shape index (κ3) is 6.12. The molecule has 216 valence electrons. The van der Waals surface area contributed by atoms with E-state index in [-0.39, 0.29) is 12.2 Å². The van der Waals surface area contributed by atoms with Crippen molar-refractivity contribution in [3.8, 4) is 11.1 Å². The number of imidazole rings is 2. The number of carbonyl (C=O) groups excluding carboxylic acids is 1. The number of nitrogens with zero attached hydrogens (tertiary/aromatic N) is 4. The molecule has 0 saturated carbocycles. The van der Waals surface area contributed by atoms with E-state index in [1.54, 1.807) is 30.5 Å². The average Bonchev–Trinajstić information content (AvgIpc) is 3.61. The van der Waals surface area contributed by atoms with Gasteiger partial charge >= 0.3 is 6.18 Å². The maximum Gasteiger partial charge on any atom is 0.416 e. The summed E-state index contributed by atoms with van der Waals surface area (Å²) in [6.45, 7) is 5.46. The number of rotatable bonds is 9. The summed E-state index contributed by atoms with van der Waals surface area (Å²) in [4.78, 5) is 27.9. The second kappa shape index (κ2) is 11.3. The summed E-state index contributed by atoms with van der Waals surface area (Å²) < 4.78 is 41.5. The van der Waals surface area contributed by atoms with Gasteiger partial charge in [-0.25, -0.2) is 9.97 Å². The van der Waals surface area contributed by atoms with E-state index in [2.05, 4.69) is 38.6 Å². The van der Waals surface area contributed by atoms with Crippen LogP contribution in [0.3, 0.4) is 0 Å². The van der Waals surface area contributed by atoms with Gasteiger partial charge in [0.25, 0.3) is 0 Å². The van der Waals surface area contributed by atoms with Crippen LogP contribution in [0.4, 0.5) is 13.2 Å². The number of ketones is 1. The number of hydrogen-bond donors (Lipinski definition) is 1. The fourth-order valence-electron chi connectivity index (χ4n) is 5.20. The molecule has 3 heterocycles. The number of carbonyl (C=O) groups is 1. The van der Waals surface area contributed by atoms with E-state index in [1.165, 1.54) is 11.6 Å². The van der Waals surface area contributed by atoms with E-state index in [0.29, 0.717) is 51.4 Å². The molecule has 6 nitrogen and oxygen atoms in total. The number of aromatic amines is 1. The van der Waals surface area contributed by atoms with Crippen molar-refractivity contribution >= 4 is 22.5 Å². The fourth-order valence-corrected chi connectivity index (χ4v) is 5.20. The normalized spacial score (nSPS) is 11.9. The van der Waals surface area contributed by atoms with Crippen molar-refractivity contribution in [2.24, 2.45) is 0 Å². The van der Waals surface area contributed by atoms with Crippen molar-refractivity contribution < 1.29 is 18.0 Å². The average molecular weight is 580 g/mol. The molecule has 1 N–H and O–H groups in total. The summed E-state index contributed by atoms with van der Waals surface area (Å²) in [6.07, 6.45) is -2.50. The van der Waals surface area contributed by atoms with Crippen LogP contribution in [-0.2, 0) is 25.7 Å². The van der Waals surface area contributed by atoms with Crippen molar-refractivity contribution in [1.29, 1.82) is 0 Å². The van der Waals surface area contributed by atoms with E-state index in [0.717, 1.165) is 24.4 Å². The summed E-state index contributed by atoms with van der Waals surface area (Å²) >= 11 is 0. The first-order chi connectivity index (χ1) is 20.6. The van der Waals surface area contributed by atoms with Crippen LogP contribution >= 0.6 is 0 Å². The molecule has 6 rings (SSSR count). The second-order valence-corrected chi connectivity index (χ2v) is 10.6. The smallest absolute Gasteiger partial charge is 0.342 e. The molecule has 3 aromatic carbocycles. The molecule has 0 spiro atoms. The van der Waals surface area contributed by atoms with Crippen LogP contribution in [0.15, 0.2) is 109 Å². The Kier molecular flexibility index (Phi) is 7.41. The van der Waals surface area contributed by atoms with Gasteiger partial charge in [0.1, 0.15) is 17.2 Å². The van der Waals surface area contributed by atoms with Crippen LogP contribution in [-0.4, -0.2) is 37.1 Å². The standard InChI is InChI=1S/C34H28F3N5O/c1-22(16-31-38-28-15-14-25(18-29(28)39-31)24-10-6-11-26(17-24)34(35,36)37)33(43)30-21-42-27(12-7-13-32(42)40-30)20-41(2)19-23-8-4-3-5-9-23/h3-15,17-18,21H,1,16,19-20H2,2H3,(H,38,39). The lowest BCUT2D eigenvalue weighted by Crippen LogP contribution is -2.18. The lowest BCUT2D eigenvalue weighted by atomic mass is 10.0. The van der Waals surface area contributed by atoms with E-state index < -0.39 is 11.7 Å². The Balaban J connectivity index is 1.17. The molecular weight excluding hydrogens is 551 g/mol. The molecule has 43 heavy (non-hydrogen) atoms. The summed E-state index contributed by atoms with van der Waals surface area (Å²) in [5.74, 6) is 0.249. The Morgan fingerprint density at radius 2 is 1.67 bits per heavy atom. The van der Waals surface area contributed by atoms with Crippen molar-refractivity contribution in [1.82, 2.24) is 24.3 Å². The first-order valence-corrected chi connectivity index (χ1v) is 13.7. The third-order valence-electron chi connectivity index (χ3n) is 7.29. The van der Waals surface area contributed by atoms with Gasteiger partial charge in [-0.15, -0.1) is 0 Å². The topological polar surface area (TPSA) is 66.3 Å². The third-order valence-corrected chi connectivity index (χ3v) is 7.29. The van der Waals surface area contributed by atoms with Crippen molar-refractivity contribution in [3.05, 3.63) is 138 Å². The lowest BCUT2D eigenvalue weighted by molar-refractivity contribution is -0.137. The zero-order chi connectivity index (χ0) is 30.1. The molecule has 6 aromatic rings. The molecule has 0 aliphatic carbocycles. The Labute approximate surface area is 246 Å². The minimum absolute atomic E-state index is 0.174. The van der Waals surface area contributed by atoms with Gasteiger partial charge in [-0.2, -0.15) is 13.2 Å². The number of Topliss-reactive ketones (excluding diaryl/α,β-unsaturated/α-hetero) is 1.